The van der Waals surface area contributed by atoms with Gasteiger partial charge in [0.15, 0.2) is 0 Å². The molecule has 3 nitrogen and oxygen atoms in total. The molecule has 4 heteroatoms. The Hall–Kier alpha value is -1.06. The number of methoxy groups -OCH3 is 1. The highest BCUT2D eigenvalue weighted by atomic mass is 35.5. The van der Waals surface area contributed by atoms with Crippen molar-refractivity contribution in [1.29, 1.82) is 0 Å². The number of carbonyl (C=O) groups excluding carboxylic acids is 1. The zero-order valence-electron chi connectivity index (χ0n) is 9.50. The van der Waals surface area contributed by atoms with E-state index in [0.29, 0.717) is 23.6 Å². The van der Waals surface area contributed by atoms with Gasteiger partial charge in [-0.05, 0) is 31.5 Å². The number of halogens is 1. The Bertz CT molecular complexity index is 379. The first kappa shape index (κ1) is 13.0. The van der Waals surface area contributed by atoms with Crippen LogP contribution >= 0.6 is 11.6 Å². The van der Waals surface area contributed by atoms with E-state index in [1.165, 1.54) is 0 Å². The summed E-state index contributed by atoms with van der Waals surface area (Å²) in [5.74, 6) is 0.844. The van der Waals surface area contributed by atoms with Gasteiger partial charge in [-0.2, -0.15) is 0 Å². The maximum atomic E-state index is 10.9. The Kier molecular flexibility index (Phi) is 4.77. The molecule has 1 rings (SSSR count). The Morgan fingerprint density at radius 2 is 2.25 bits per heavy atom. The number of hydrogen-bond acceptors (Lipinski definition) is 3. The third-order valence-electron chi connectivity index (χ3n) is 2.40. The van der Waals surface area contributed by atoms with Crippen LogP contribution in [0.4, 0.5) is 0 Å². The third kappa shape index (κ3) is 3.51. The quantitative estimate of drug-likeness (QED) is 0.863. The molecular formula is C12H16ClNO2. The highest BCUT2D eigenvalue weighted by Crippen LogP contribution is 2.29. The standard InChI is InChI=1S/C12H16ClNO2/c1-8(15)3-5-11(14)10-7-9(13)4-6-12(10)16-2/h4,6-7,11H,3,5,14H2,1-2H3. The third-order valence-corrected chi connectivity index (χ3v) is 2.63. The lowest BCUT2D eigenvalue weighted by Crippen LogP contribution is -2.12. The number of hydrogen-bond donors (Lipinski definition) is 1. The zero-order valence-corrected chi connectivity index (χ0v) is 10.3. The summed E-state index contributed by atoms with van der Waals surface area (Å²) in [6.45, 7) is 1.56. The number of carbonyl (C=O) groups is 1. The van der Waals surface area contributed by atoms with Gasteiger partial charge in [-0.25, -0.2) is 0 Å². The van der Waals surface area contributed by atoms with Crippen molar-refractivity contribution in [2.45, 2.75) is 25.8 Å². The fourth-order valence-electron chi connectivity index (χ4n) is 1.51. The fraction of sp³-hybridized carbons (Fsp3) is 0.417. The first-order chi connectivity index (χ1) is 7.54. The van der Waals surface area contributed by atoms with Crippen LogP contribution in [-0.2, 0) is 4.79 Å². The van der Waals surface area contributed by atoms with Gasteiger partial charge in [-0.15, -0.1) is 0 Å². The second kappa shape index (κ2) is 5.87. The lowest BCUT2D eigenvalue weighted by molar-refractivity contribution is -0.117. The molecule has 0 amide bonds. The van der Waals surface area contributed by atoms with Crippen LogP contribution in [0.15, 0.2) is 18.2 Å². The molecule has 0 fully saturated rings. The monoisotopic (exact) mass is 241 g/mol. The smallest absolute Gasteiger partial charge is 0.129 e. The summed E-state index contributed by atoms with van der Waals surface area (Å²) in [4.78, 5) is 10.9. The molecule has 0 aromatic heterocycles. The molecule has 0 radical (unpaired) electrons. The number of rotatable bonds is 5. The van der Waals surface area contributed by atoms with E-state index in [-0.39, 0.29) is 11.8 Å². The maximum Gasteiger partial charge on any atom is 0.129 e. The lowest BCUT2D eigenvalue weighted by atomic mass is 10.0. The van der Waals surface area contributed by atoms with E-state index < -0.39 is 0 Å². The average Bonchev–Trinajstić information content (AvgIpc) is 2.25. The predicted octanol–water partition coefficient (Wildman–Crippen LogP) is 2.72. The maximum absolute atomic E-state index is 10.9. The van der Waals surface area contributed by atoms with Crippen LogP contribution in [0.5, 0.6) is 5.75 Å². The zero-order chi connectivity index (χ0) is 12.1. The van der Waals surface area contributed by atoms with Gasteiger partial charge < -0.3 is 15.3 Å². The normalized spacial score (nSPS) is 12.2. The van der Waals surface area contributed by atoms with Gasteiger partial charge in [0.25, 0.3) is 0 Å². The Morgan fingerprint density at radius 3 is 2.81 bits per heavy atom. The van der Waals surface area contributed by atoms with Gasteiger partial charge in [0.1, 0.15) is 11.5 Å². The summed E-state index contributed by atoms with van der Waals surface area (Å²) in [6.07, 6.45) is 1.07. The number of nitrogens with two attached hydrogens (primary N) is 1. The molecule has 1 aromatic carbocycles. The Morgan fingerprint density at radius 1 is 1.56 bits per heavy atom. The molecule has 0 aliphatic carbocycles. The molecule has 2 N–H and O–H groups in total. The summed E-state index contributed by atoms with van der Waals surface area (Å²) >= 11 is 5.90. The summed E-state index contributed by atoms with van der Waals surface area (Å²) in [5.41, 5.74) is 6.84. The van der Waals surface area contributed by atoms with Crippen molar-refractivity contribution < 1.29 is 9.53 Å². The number of Topliss-reactive ketones (excluding diaryl/α,β-unsaturated/α-hetero) is 1. The fourth-order valence-corrected chi connectivity index (χ4v) is 1.69. The molecule has 0 saturated heterocycles. The van der Waals surface area contributed by atoms with Crippen LogP contribution in [0.1, 0.15) is 31.4 Å². The van der Waals surface area contributed by atoms with E-state index in [0.717, 1.165) is 5.56 Å². The van der Waals surface area contributed by atoms with E-state index in [1.54, 1.807) is 32.2 Å². The highest BCUT2D eigenvalue weighted by molar-refractivity contribution is 6.30. The molecule has 16 heavy (non-hydrogen) atoms. The average molecular weight is 242 g/mol. The summed E-state index contributed by atoms with van der Waals surface area (Å²) < 4.78 is 5.20. The topological polar surface area (TPSA) is 52.3 Å². The van der Waals surface area contributed by atoms with Gasteiger partial charge >= 0.3 is 0 Å². The molecule has 0 aliphatic rings. The van der Waals surface area contributed by atoms with Crippen molar-refractivity contribution in [3.63, 3.8) is 0 Å². The van der Waals surface area contributed by atoms with Crippen LogP contribution in [0.2, 0.25) is 5.02 Å². The van der Waals surface area contributed by atoms with Crippen molar-refractivity contribution in [3.8, 4) is 5.75 Å². The number of benzene rings is 1. The van der Waals surface area contributed by atoms with Crippen LogP contribution in [-0.4, -0.2) is 12.9 Å². The second-order valence-electron chi connectivity index (χ2n) is 3.73. The van der Waals surface area contributed by atoms with E-state index in [4.69, 9.17) is 22.1 Å². The van der Waals surface area contributed by atoms with Crippen LogP contribution < -0.4 is 10.5 Å². The van der Waals surface area contributed by atoms with Gasteiger partial charge in [0.2, 0.25) is 0 Å². The van der Waals surface area contributed by atoms with Crippen molar-refractivity contribution in [2.24, 2.45) is 5.73 Å². The van der Waals surface area contributed by atoms with Gasteiger partial charge in [-0.1, -0.05) is 11.6 Å². The largest absolute Gasteiger partial charge is 0.496 e. The van der Waals surface area contributed by atoms with Crippen molar-refractivity contribution in [2.75, 3.05) is 7.11 Å². The Balaban J connectivity index is 2.84. The molecule has 0 heterocycles. The van der Waals surface area contributed by atoms with Crippen molar-refractivity contribution in [3.05, 3.63) is 28.8 Å². The molecule has 0 aliphatic heterocycles. The molecule has 0 saturated carbocycles. The molecule has 1 unspecified atom stereocenters. The SMILES string of the molecule is COc1ccc(Cl)cc1C(N)CCC(C)=O. The Labute approximate surface area is 101 Å². The highest BCUT2D eigenvalue weighted by Gasteiger charge is 2.13. The van der Waals surface area contributed by atoms with Crippen molar-refractivity contribution in [1.82, 2.24) is 0 Å². The molecular weight excluding hydrogens is 226 g/mol. The van der Waals surface area contributed by atoms with E-state index in [9.17, 15) is 4.79 Å². The lowest BCUT2D eigenvalue weighted by Gasteiger charge is -2.15. The summed E-state index contributed by atoms with van der Waals surface area (Å²) in [7, 11) is 1.59. The summed E-state index contributed by atoms with van der Waals surface area (Å²) in [6, 6.07) is 5.09. The van der Waals surface area contributed by atoms with Crippen molar-refractivity contribution >= 4 is 17.4 Å². The van der Waals surface area contributed by atoms with Crippen LogP contribution in [0, 0.1) is 0 Å². The minimum absolute atomic E-state index is 0.136. The van der Waals surface area contributed by atoms with E-state index >= 15 is 0 Å². The molecule has 0 bridgehead atoms. The van der Waals surface area contributed by atoms with Crippen LogP contribution in [0.3, 0.4) is 0 Å². The summed E-state index contributed by atoms with van der Waals surface area (Å²) in [5, 5.41) is 0.620. The molecule has 1 atom stereocenters. The number of ether oxygens (including phenoxy) is 1. The van der Waals surface area contributed by atoms with Gasteiger partial charge in [-0.3, -0.25) is 0 Å². The number of ketones is 1. The van der Waals surface area contributed by atoms with Gasteiger partial charge in [0, 0.05) is 23.0 Å². The van der Waals surface area contributed by atoms with Gasteiger partial charge in [0.05, 0.1) is 7.11 Å². The molecule has 88 valence electrons. The first-order valence-electron chi connectivity index (χ1n) is 5.13. The minimum atomic E-state index is -0.224. The van der Waals surface area contributed by atoms with E-state index in [1.807, 2.05) is 0 Å². The molecule has 1 aromatic rings. The first-order valence-corrected chi connectivity index (χ1v) is 5.51. The predicted molar refractivity (Wildman–Crippen MR) is 64.8 cm³/mol. The van der Waals surface area contributed by atoms with E-state index in [2.05, 4.69) is 0 Å². The minimum Gasteiger partial charge on any atom is -0.496 e. The second-order valence-corrected chi connectivity index (χ2v) is 4.17. The van der Waals surface area contributed by atoms with Crippen LogP contribution in [0.25, 0.3) is 0 Å². The molecule has 0 spiro atoms.